The molecule has 7 heteroatoms. The molecule has 150 valence electrons. The van der Waals surface area contributed by atoms with E-state index in [1.165, 1.54) is 6.07 Å². The van der Waals surface area contributed by atoms with Crippen LogP contribution in [0.5, 0.6) is 11.5 Å². The number of piperazine rings is 1. The number of para-hydroxylation sites is 1. The van der Waals surface area contributed by atoms with Crippen LogP contribution in [0.3, 0.4) is 0 Å². The van der Waals surface area contributed by atoms with Crippen LogP contribution in [0, 0.1) is 5.82 Å². The van der Waals surface area contributed by atoms with Crippen LogP contribution >= 0.6 is 0 Å². The number of nitrogens with one attached hydrogen (secondary N) is 1. The van der Waals surface area contributed by atoms with Gasteiger partial charge in [0.05, 0.1) is 19.3 Å². The van der Waals surface area contributed by atoms with Crippen LogP contribution < -0.4 is 19.7 Å². The minimum Gasteiger partial charge on any atom is -0.497 e. The molecule has 0 unspecified atom stereocenters. The number of halogens is 1. The molecule has 3 rings (SSSR count). The van der Waals surface area contributed by atoms with Crippen molar-refractivity contribution in [1.82, 2.24) is 10.2 Å². The first-order valence-electron chi connectivity index (χ1n) is 9.42. The van der Waals surface area contributed by atoms with Crippen molar-refractivity contribution in [2.75, 3.05) is 57.9 Å². The van der Waals surface area contributed by atoms with E-state index in [9.17, 15) is 9.18 Å². The maximum atomic E-state index is 13.9. The second kappa shape index (κ2) is 9.94. The zero-order chi connectivity index (χ0) is 19.8. The van der Waals surface area contributed by atoms with Crippen LogP contribution in [0.25, 0.3) is 0 Å². The first-order chi connectivity index (χ1) is 13.7. The number of carbonyl (C=O) groups is 1. The van der Waals surface area contributed by atoms with Gasteiger partial charge in [-0.25, -0.2) is 4.39 Å². The summed E-state index contributed by atoms with van der Waals surface area (Å²) < 4.78 is 24.6. The fraction of sp³-hybridized carbons (Fsp3) is 0.381. The predicted molar refractivity (Wildman–Crippen MR) is 107 cm³/mol. The van der Waals surface area contributed by atoms with Gasteiger partial charge in [-0.3, -0.25) is 4.79 Å². The van der Waals surface area contributed by atoms with Gasteiger partial charge in [0.25, 0.3) is 0 Å². The number of nitrogens with zero attached hydrogens (tertiary/aromatic N) is 2. The van der Waals surface area contributed by atoms with E-state index in [0.717, 1.165) is 11.5 Å². The third-order valence-corrected chi connectivity index (χ3v) is 4.71. The molecular formula is C21H26FN3O3. The molecule has 0 bridgehead atoms. The van der Waals surface area contributed by atoms with Gasteiger partial charge in [-0.15, -0.1) is 0 Å². The van der Waals surface area contributed by atoms with E-state index in [1.807, 2.05) is 40.1 Å². The number of carbonyl (C=O) groups excluding carboxylic acids is 1. The summed E-state index contributed by atoms with van der Waals surface area (Å²) in [5.74, 6) is 1.38. The Morgan fingerprint density at radius 1 is 1.04 bits per heavy atom. The van der Waals surface area contributed by atoms with Gasteiger partial charge < -0.3 is 24.6 Å². The second-order valence-corrected chi connectivity index (χ2v) is 6.52. The molecule has 1 N–H and O–H groups in total. The standard InChI is InChI=1S/C21H26FN3O3/c1-27-17-6-8-18(9-7-17)28-15-10-23-16-21(26)25-13-11-24(12-14-25)20-5-3-2-4-19(20)22/h2-9,23H,10-16H2,1H3. The minimum atomic E-state index is -0.221. The average Bonchev–Trinajstić information content (AvgIpc) is 2.74. The monoisotopic (exact) mass is 387 g/mol. The van der Waals surface area contributed by atoms with Crippen molar-refractivity contribution in [3.63, 3.8) is 0 Å². The number of methoxy groups -OCH3 is 1. The Hall–Kier alpha value is -2.80. The summed E-state index contributed by atoms with van der Waals surface area (Å²) in [6.07, 6.45) is 0. The Kier molecular flexibility index (Phi) is 7.08. The Morgan fingerprint density at radius 3 is 2.39 bits per heavy atom. The first-order valence-corrected chi connectivity index (χ1v) is 9.42. The van der Waals surface area contributed by atoms with Gasteiger partial charge in [0.2, 0.25) is 5.91 Å². The molecule has 0 atom stereocenters. The first kappa shape index (κ1) is 19.9. The minimum absolute atomic E-state index is 0.0534. The van der Waals surface area contributed by atoms with Crippen molar-refractivity contribution in [3.8, 4) is 11.5 Å². The van der Waals surface area contributed by atoms with Crippen molar-refractivity contribution in [1.29, 1.82) is 0 Å². The van der Waals surface area contributed by atoms with E-state index < -0.39 is 0 Å². The molecule has 0 aliphatic carbocycles. The number of ether oxygens (including phenoxy) is 2. The molecule has 1 fully saturated rings. The van der Waals surface area contributed by atoms with Gasteiger partial charge in [-0.2, -0.15) is 0 Å². The smallest absolute Gasteiger partial charge is 0.236 e. The van der Waals surface area contributed by atoms with E-state index in [2.05, 4.69) is 5.32 Å². The summed E-state index contributed by atoms with van der Waals surface area (Å²) in [5.41, 5.74) is 0.600. The largest absolute Gasteiger partial charge is 0.497 e. The number of amides is 1. The molecule has 0 saturated carbocycles. The number of anilines is 1. The third kappa shape index (κ3) is 5.36. The highest BCUT2D eigenvalue weighted by Gasteiger charge is 2.22. The molecule has 0 aromatic heterocycles. The summed E-state index contributed by atoms with van der Waals surface area (Å²) in [5, 5.41) is 3.11. The van der Waals surface area contributed by atoms with Crippen LogP contribution in [-0.4, -0.2) is 63.8 Å². The molecule has 0 spiro atoms. The fourth-order valence-corrected chi connectivity index (χ4v) is 3.13. The molecule has 1 saturated heterocycles. The van der Waals surface area contributed by atoms with Gasteiger partial charge in [-0.1, -0.05) is 12.1 Å². The quantitative estimate of drug-likeness (QED) is 0.704. The van der Waals surface area contributed by atoms with Crippen LogP contribution in [-0.2, 0) is 4.79 Å². The number of hydrogen-bond donors (Lipinski definition) is 1. The summed E-state index contributed by atoms with van der Waals surface area (Å²) >= 11 is 0. The van der Waals surface area contributed by atoms with E-state index in [0.29, 0.717) is 45.0 Å². The highest BCUT2D eigenvalue weighted by molar-refractivity contribution is 5.78. The predicted octanol–water partition coefficient (Wildman–Crippen LogP) is 2.15. The maximum absolute atomic E-state index is 13.9. The number of hydrogen-bond acceptors (Lipinski definition) is 5. The summed E-state index contributed by atoms with van der Waals surface area (Å²) in [4.78, 5) is 16.1. The van der Waals surface area contributed by atoms with Gasteiger partial charge in [0.1, 0.15) is 23.9 Å². The lowest BCUT2D eigenvalue weighted by Crippen LogP contribution is -2.51. The molecule has 1 heterocycles. The lowest BCUT2D eigenvalue weighted by atomic mass is 10.2. The number of rotatable bonds is 8. The summed E-state index contributed by atoms with van der Waals surface area (Å²) in [6.45, 7) is 3.77. The van der Waals surface area contributed by atoms with Gasteiger partial charge in [0, 0.05) is 32.7 Å². The zero-order valence-corrected chi connectivity index (χ0v) is 16.1. The van der Waals surface area contributed by atoms with Crippen LogP contribution in [0.15, 0.2) is 48.5 Å². The summed E-state index contributed by atoms with van der Waals surface area (Å²) in [7, 11) is 1.62. The highest BCUT2D eigenvalue weighted by Crippen LogP contribution is 2.20. The number of benzene rings is 2. The maximum Gasteiger partial charge on any atom is 0.236 e. The Morgan fingerprint density at radius 2 is 1.71 bits per heavy atom. The molecule has 2 aromatic rings. The van der Waals surface area contributed by atoms with Crippen molar-refractivity contribution in [2.45, 2.75) is 0 Å². The zero-order valence-electron chi connectivity index (χ0n) is 16.1. The van der Waals surface area contributed by atoms with Crippen LogP contribution in [0.2, 0.25) is 0 Å². The molecule has 1 amide bonds. The highest BCUT2D eigenvalue weighted by atomic mass is 19.1. The van der Waals surface area contributed by atoms with Crippen LogP contribution in [0.4, 0.5) is 10.1 Å². The second-order valence-electron chi connectivity index (χ2n) is 6.52. The van der Waals surface area contributed by atoms with Crippen molar-refractivity contribution >= 4 is 11.6 Å². The van der Waals surface area contributed by atoms with Crippen LogP contribution in [0.1, 0.15) is 0 Å². The van der Waals surface area contributed by atoms with Crippen molar-refractivity contribution in [2.24, 2.45) is 0 Å². The molecule has 0 radical (unpaired) electrons. The van der Waals surface area contributed by atoms with Crippen molar-refractivity contribution in [3.05, 3.63) is 54.3 Å². The van der Waals surface area contributed by atoms with E-state index in [4.69, 9.17) is 9.47 Å². The van der Waals surface area contributed by atoms with Crippen molar-refractivity contribution < 1.29 is 18.7 Å². The Bertz CT molecular complexity index is 762. The molecule has 1 aliphatic heterocycles. The van der Waals surface area contributed by atoms with E-state index >= 15 is 0 Å². The average molecular weight is 387 g/mol. The summed E-state index contributed by atoms with van der Waals surface area (Å²) in [6, 6.07) is 14.1. The topological polar surface area (TPSA) is 54.0 Å². The van der Waals surface area contributed by atoms with Gasteiger partial charge >= 0.3 is 0 Å². The molecule has 1 aliphatic rings. The fourth-order valence-electron chi connectivity index (χ4n) is 3.13. The third-order valence-electron chi connectivity index (χ3n) is 4.71. The van der Waals surface area contributed by atoms with E-state index in [1.54, 1.807) is 19.2 Å². The molecule has 2 aromatic carbocycles. The SMILES string of the molecule is COc1ccc(OCCNCC(=O)N2CCN(c3ccccc3F)CC2)cc1. The van der Waals surface area contributed by atoms with Gasteiger partial charge in [-0.05, 0) is 36.4 Å². The van der Waals surface area contributed by atoms with Gasteiger partial charge in [0.15, 0.2) is 0 Å². The lowest BCUT2D eigenvalue weighted by Gasteiger charge is -2.36. The Labute approximate surface area is 164 Å². The molecule has 28 heavy (non-hydrogen) atoms. The normalized spacial score (nSPS) is 14.1. The Balaban J connectivity index is 1.33. The molecular weight excluding hydrogens is 361 g/mol. The molecule has 6 nitrogen and oxygen atoms in total. The lowest BCUT2D eigenvalue weighted by molar-refractivity contribution is -0.130. The van der Waals surface area contributed by atoms with E-state index in [-0.39, 0.29) is 18.3 Å².